The number of methoxy groups -OCH3 is 1. The van der Waals surface area contributed by atoms with Crippen molar-refractivity contribution in [2.75, 3.05) is 25.1 Å². The summed E-state index contributed by atoms with van der Waals surface area (Å²) in [5.74, 6) is 0.580. The molecule has 7 heteroatoms. The number of anilines is 1. The molecule has 0 bridgehead atoms. The van der Waals surface area contributed by atoms with Gasteiger partial charge in [-0.05, 0) is 6.42 Å². The molecule has 104 valence electrons. The van der Waals surface area contributed by atoms with Crippen molar-refractivity contribution < 1.29 is 14.8 Å². The molecule has 0 aliphatic carbocycles. The molecular formula is C12H17N3O4. The van der Waals surface area contributed by atoms with E-state index >= 15 is 0 Å². The highest BCUT2D eigenvalue weighted by Gasteiger charge is 2.43. The lowest BCUT2D eigenvalue weighted by Crippen LogP contribution is -2.62. The van der Waals surface area contributed by atoms with Gasteiger partial charge in [-0.25, -0.2) is 0 Å². The second-order valence-electron chi connectivity index (χ2n) is 4.78. The van der Waals surface area contributed by atoms with Gasteiger partial charge in [0.25, 0.3) is 0 Å². The molecule has 1 aromatic rings. The highest BCUT2D eigenvalue weighted by Crippen LogP contribution is 2.36. The highest BCUT2D eigenvalue weighted by molar-refractivity contribution is 5.61. The number of nitrogens with zero attached hydrogens (tertiary/aromatic N) is 3. The first-order chi connectivity index (χ1) is 8.99. The van der Waals surface area contributed by atoms with Crippen molar-refractivity contribution in [3.63, 3.8) is 0 Å². The molecule has 2 heterocycles. The summed E-state index contributed by atoms with van der Waals surface area (Å²) in [5.41, 5.74) is -0.827. The van der Waals surface area contributed by atoms with E-state index in [1.807, 2.05) is 6.92 Å². The lowest BCUT2D eigenvalue weighted by Gasteiger charge is -2.46. The fourth-order valence-corrected chi connectivity index (χ4v) is 2.35. The quantitative estimate of drug-likeness (QED) is 0.640. The summed E-state index contributed by atoms with van der Waals surface area (Å²) in [6.07, 6.45) is 1.55. The number of rotatable bonds is 5. The zero-order chi connectivity index (χ0) is 14.0. The second kappa shape index (κ2) is 5.00. The minimum atomic E-state index is -0.757. The Labute approximate surface area is 111 Å². The fourth-order valence-electron chi connectivity index (χ4n) is 2.35. The maximum Gasteiger partial charge on any atom is 0.311 e. The first-order valence-corrected chi connectivity index (χ1v) is 6.16. The van der Waals surface area contributed by atoms with E-state index in [9.17, 15) is 15.2 Å². The molecule has 0 aromatic carbocycles. The van der Waals surface area contributed by atoms with E-state index in [1.54, 1.807) is 4.90 Å². The lowest BCUT2D eigenvalue weighted by molar-refractivity contribution is -0.384. The summed E-state index contributed by atoms with van der Waals surface area (Å²) in [5, 5.41) is 21.1. The topological polar surface area (TPSA) is 88.7 Å². The number of β-amino-alcohol motifs (C(OH)–C–C–N with tert-alkyl or cyclic N) is 1. The summed E-state index contributed by atoms with van der Waals surface area (Å²) < 4.78 is 4.98. The molecule has 0 spiro atoms. The Morgan fingerprint density at radius 2 is 2.26 bits per heavy atom. The first-order valence-electron chi connectivity index (χ1n) is 6.16. The summed E-state index contributed by atoms with van der Waals surface area (Å²) in [4.78, 5) is 16.3. The van der Waals surface area contributed by atoms with Gasteiger partial charge in [-0.15, -0.1) is 0 Å². The van der Waals surface area contributed by atoms with Gasteiger partial charge in [0, 0.05) is 12.1 Å². The van der Waals surface area contributed by atoms with Gasteiger partial charge < -0.3 is 14.7 Å². The van der Waals surface area contributed by atoms with Crippen LogP contribution in [0.1, 0.15) is 19.8 Å². The molecule has 1 aliphatic heterocycles. The average molecular weight is 267 g/mol. The van der Waals surface area contributed by atoms with Crippen LogP contribution in [0.3, 0.4) is 0 Å². The number of ether oxygens (including phenoxy) is 1. The van der Waals surface area contributed by atoms with Crippen molar-refractivity contribution in [2.45, 2.75) is 25.4 Å². The van der Waals surface area contributed by atoms with Crippen molar-refractivity contribution in [1.82, 2.24) is 4.98 Å². The second-order valence-corrected chi connectivity index (χ2v) is 4.78. The summed E-state index contributed by atoms with van der Waals surface area (Å²) in [6, 6.07) is 2.83. The van der Waals surface area contributed by atoms with E-state index in [4.69, 9.17) is 4.74 Å². The molecule has 0 amide bonds. The van der Waals surface area contributed by atoms with Crippen LogP contribution in [0.5, 0.6) is 5.88 Å². The molecule has 1 aromatic heterocycles. The Bertz CT molecular complexity index is 486. The third kappa shape index (κ3) is 2.60. The van der Waals surface area contributed by atoms with Gasteiger partial charge in [0.05, 0.1) is 30.7 Å². The predicted molar refractivity (Wildman–Crippen MR) is 69.5 cm³/mol. The smallest absolute Gasteiger partial charge is 0.311 e. The molecule has 0 radical (unpaired) electrons. The Kier molecular flexibility index (Phi) is 3.57. The predicted octanol–water partition coefficient (Wildman–Crippen LogP) is 1.35. The molecule has 1 fully saturated rings. The van der Waals surface area contributed by atoms with E-state index in [-0.39, 0.29) is 11.5 Å². The largest absolute Gasteiger partial charge is 0.481 e. The number of aromatic nitrogens is 1. The van der Waals surface area contributed by atoms with Crippen molar-refractivity contribution in [1.29, 1.82) is 0 Å². The van der Waals surface area contributed by atoms with Crippen LogP contribution < -0.4 is 9.64 Å². The van der Waals surface area contributed by atoms with Gasteiger partial charge in [-0.1, -0.05) is 13.3 Å². The van der Waals surface area contributed by atoms with Crippen LogP contribution in [-0.4, -0.2) is 40.8 Å². The number of hydrogen-bond donors (Lipinski definition) is 1. The third-order valence-corrected chi connectivity index (χ3v) is 3.22. The fraction of sp³-hybridized carbons (Fsp3) is 0.583. The van der Waals surface area contributed by atoms with Gasteiger partial charge >= 0.3 is 5.69 Å². The van der Waals surface area contributed by atoms with E-state index in [0.29, 0.717) is 25.4 Å². The van der Waals surface area contributed by atoms with Crippen molar-refractivity contribution in [2.24, 2.45) is 0 Å². The summed E-state index contributed by atoms with van der Waals surface area (Å²) in [6.45, 7) is 2.72. The molecule has 1 N–H and O–H groups in total. The van der Waals surface area contributed by atoms with E-state index < -0.39 is 10.5 Å². The molecule has 1 aliphatic rings. The van der Waals surface area contributed by atoms with E-state index in [2.05, 4.69) is 4.98 Å². The van der Waals surface area contributed by atoms with Gasteiger partial charge in [0.2, 0.25) is 11.7 Å². The van der Waals surface area contributed by atoms with Crippen LogP contribution in [0.25, 0.3) is 0 Å². The molecule has 19 heavy (non-hydrogen) atoms. The van der Waals surface area contributed by atoms with Gasteiger partial charge in [0.1, 0.15) is 0 Å². The zero-order valence-corrected chi connectivity index (χ0v) is 11.0. The number of hydrogen-bond acceptors (Lipinski definition) is 6. The maximum absolute atomic E-state index is 11.0. The molecule has 1 saturated heterocycles. The first kappa shape index (κ1) is 13.5. The van der Waals surface area contributed by atoms with Crippen LogP contribution in [0.4, 0.5) is 11.5 Å². The maximum atomic E-state index is 11.0. The molecular weight excluding hydrogens is 250 g/mol. The molecule has 0 atom stereocenters. The Morgan fingerprint density at radius 3 is 2.79 bits per heavy atom. The minimum Gasteiger partial charge on any atom is -0.481 e. The zero-order valence-electron chi connectivity index (χ0n) is 11.0. The Balaban J connectivity index is 2.22. The van der Waals surface area contributed by atoms with Crippen molar-refractivity contribution in [3.8, 4) is 5.88 Å². The van der Waals surface area contributed by atoms with Gasteiger partial charge in [-0.3, -0.25) is 10.1 Å². The average Bonchev–Trinajstić information content (AvgIpc) is 2.35. The summed E-state index contributed by atoms with van der Waals surface area (Å²) >= 11 is 0. The number of nitro groups is 1. The van der Waals surface area contributed by atoms with Crippen molar-refractivity contribution in [3.05, 3.63) is 22.2 Å². The van der Waals surface area contributed by atoms with Gasteiger partial charge in [-0.2, -0.15) is 4.98 Å². The van der Waals surface area contributed by atoms with Crippen LogP contribution in [-0.2, 0) is 0 Å². The standard InChI is InChI=1S/C12H17N3O4/c1-3-6-12(16)7-14(8-12)11-9(15(17)18)4-5-10(13-11)19-2/h4-5,16H,3,6-8H2,1-2H3. The Morgan fingerprint density at radius 1 is 1.58 bits per heavy atom. The van der Waals surface area contributed by atoms with Crippen LogP contribution in [0.15, 0.2) is 12.1 Å². The van der Waals surface area contributed by atoms with Crippen LogP contribution in [0, 0.1) is 10.1 Å². The summed E-state index contributed by atoms with van der Waals surface area (Å²) in [7, 11) is 1.46. The lowest BCUT2D eigenvalue weighted by atomic mass is 9.89. The minimum absolute atomic E-state index is 0.0700. The van der Waals surface area contributed by atoms with E-state index in [0.717, 1.165) is 6.42 Å². The normalized spacial score (nSPS) is 16.9. The number of pyridine rings is 1. The van der Waals surface area contributed by atoms with Crippen LogP contribution in [0.2, 0.25) is 0 Å². The monoisotopic (exact) mass is 267 g/mol. The number of aliphatic hydroxyl groups is 1. The van der Waals surface area contributed by atoms with E-state index in [1.165, 1.54) is 19.2 Å². The highest BCUT2D eigenvalue weighted by atomic mass is 16.6. The van der Waals surface area contributed by atoms with Crippen molar-refractivity contribution >= 4 is 11.5 Å². The molecule has 0 unspecified atom stereocenters. The Hall–Kier alpha value is -1.89. The molecule has 7 nitrogen and oxygen atoms in total. The van der Waals surface area contributed by atoms with Gasteiger partial charge in [0.15, 0.2) is 0 Å². The SMILES string of the molecule is CCCC1(O)CN(c2nc(OC)ccc2[N+](=O)[O-])C1. The van der Waals surface area contributed by atoms with Crippen LogP contribution >= 0.6 is 0 Å². The molecule has 0 saturated carbocycles. The third-order valence-electron chi connectivity index (χ3n) is 3.22. The molecule has 2 rings (SSSR count).